The maximum Gasteiger partial charge on any atom is 0.416 e. The molecule has 1 saturated carbocycles. The molecular weight excluding hydrogens is 353 g/mol. The summed E-state index contributed by atoms with van der Waals surface area (Å²) in [5.74, 6) is 0. The van der Waals surface area contributed by atoms with Crippen molar-refractivity contribution in [2.75, 3.05) is 20.1 Å². The summed E-state index contributed by atoms with van der Waals surface area (Å²) in [6.07, 6.45) is -1.28. The summed E-state index contributed by atoms with van der Waals surface area (Å²) in [7, 11) is -1.48. The van der Waals surface area contributed by atoms with Crippen LogP contribution in [0.2, 0.25) is 0 Å². The average molecular weight is 376 g/mol. The second-order valence-electron chi connectivity index (χ2n) is 6.96. The molecule has 0 amide bonds. The SMILES string of the molecule is CN(C1CCN(Cc2ccc(C(F)(F)F)cc2)CC1)S(=O)(=O)C1CC1. The largest absolute Gasteiger partial charge is 0.416 e. The topological polar surface area (TPSA) is 40.6 Å². The maximum atomic E-state index is 12.6. The molecule has 0 unspecified atom stereocenters. The number of hydrogen-bond donors (Lipinski definition) is 0. The highest BCUT2D eigenvalue weighted by molar-refractivity contribution is 7.90. The van der Waals surface area contributed by atoms with Crippen molar-refractivity contribution in [2.45, 2.75) is 49.7 Å². The van der Waals surface area contributed by atoms with E-state index in [2.05, 4.69) is 4.90 Å². The minimum Gasteiger partial charge on any atom is -0.299 e. The second-order valence-corrected chi connectivity index (χ2v) is 9.24. The van der Waals surface area contributed by atoms with Gasteiger partial charge < -0.3 is 0 Å². The normalized spacial score (nSPS) is 21.0. The summed E-state index contributed by atoms with van der Waals surface area (Å²) < 4.78 is 63.9. The number of rotatable bonds is 5. The number of sulfonamides is 1. The molecule has 1 saturated heterocycles. The van der Waals surface area contributed by atoms with E-state index in [4.69, 9.17) is 0 Å². The third-order valence-electron chi connectivity index (χ3n) is 5.11. The van der Waals surface area contributed by atoms with Crippen molar-refractivity contribution >= 4 is 10.0 Å². The standard InChI is InChI=1S/C17H23F3N2O2S/c1-21(25(23,24)16-6-7-16)15-8-10-22(11-9-15)12-13-2-4-14(5-3-13)17(18,19)20/h2-5,15-16H,6-12H2,1H3. The smallest absolute Gasteiger partial charge is 0.299 e. The first kappa shape index (κ1) is 18.7. The van der Waals surface area contributed by atoms with E-state index >= 15 is 0 Å². The molecule has 0 bridgehead atoms. The quantitative estimate of drug-likeness (QED) is 0.793. The van der Waals surface area contributed by atoms with Crippen LogP contribution in [0.4, 0.5) is 13.2 Å². The highest BCUT2D eigenvalue weighted by atomic mass is 32.2. The van der Waals surface area contributed by atoms with E-state index in [0.717, 1.165) is 56.5 Å². The van der Waals surface area contributed by atoms with Gasteiger partial charge in [-0.15, -0.1) is 0 Å². The van der Waals surface area contributed by atoms with Crippen LogP contribution >= 0.6 is 0 Å². The van der Waals surface area contributed by atoms with E-state index in [1.807, 2.05) is 0 Å². The van der Waals surface area contributed by atoms with Gasteiger partial charge in [0.05, 0.1) is 10.8 Å². The highest BCUT2D eigenvalue weighted by Gasteiger charge is 2.41. The second kappa shape index (κ2) is 6.89. The van der Waals surface area contributed by atoms with Gasteiger partial charge in [0.1, 0.15) is 0 Å². The zero-order valence-electron chi connectivity index (χ0n) is 14.2. The zero-order valence-corrected chi connectivity index (χ0v) is 15.0. The molecule has 0 N–H and O–H groups in total. The summed E-state index contributed by atoms with van der Waals surface area (Å²) >= 11 is 0. The Morgan fingerprint density at radius 3 is 2.12 bits per heavy atom. The van der Waals surface area contributed by atoms with Crippen LogP contribution in [-0.4, -0.2) is 49.1 Å². The van der Waals surface area contributed by atoms with Crippen molar-refractivity contribution in [3.8, 4) is 0 Å². The molecular formula is C17H23F3N2O2S. The summed E-state index contributed by atoms with van der Waals surface area (Å²) in [4.78, 5) is 2.16. The van der Waals surface area contributed by atoms with Gasteiger partial charge in [-0.1, -0.05) is 12.1 Å². The third-order valence-corrected chi connectivity index (χ3v) is 7.52. The minimum absolute atomic E-state index is 0.0226. The lowest BCUT2D eigenvalue weighted by Crippen LogP contribution is -2.46. The van der Waals surface area contributed by atoms with Crippen molar-refractivity contribution in [3.63, 3.8) is 0 Å². The number of alkyl halides is 3. The monoisotopic (exact) mass is 376 g/mol. The van der Waals surface area contributed by atoms with Crippen LogP contribution in [-0.2, 0) is 22.7 Å². The predicted octanol–water partition coefficient (Wildman–Crippen LogP) is 3.09. The molecule has 0 aromatic heterocycles. The van der Waals surface area contributed by atoms with Crippen molar-refractivity contribution < 1.29 is 21.6 Å². The molecule has 4 nitrogen and oxygen atoms in total. The van der Waals surface area contributed by atoms with Gasteiger partial charge in [-0.2, -0.15) is 13.2 Å². The Hall–Kier alpha value is -1.12. The first-order valence-electron chi connectivity index (χ1n) is 8.53. The Kier molecular flexibility index (Phi) is 5.14. The number of nitrogens with zero attached hydrogens (tertiary/aromatic N) is 2. The van der Waals surface area contributed by atoms with E-state index in [-0.39, 0.29) is 11.3 Å². The molecule has 3 rings (SSSR count). The number of hydrogen-bond acceptors (Lipinski definition) is 3. The Bertz CT molecular complexity index is 692. The maximum absolute atomic E-state index is 12.6. The van der Waals surface area contributed by atoms with Gasteiger partial charge in [0, 0.05) is 32.7 Å². The molecule has 0 radical (unpaired) electrons. The average Bonchev–Trinajstić information content (AvgIpc) is 3.40. The lowest BCUT2D eigenvalue weighted by Gasteiger charge is -2.36. The summed E-state index contributed by atoms with van der Waals surface area (Å²) in [5, 5.41) is -0.192. The Labute approximate surface area is 146 Å². The Morgan fingerprint density at radius 1 is 1.08 bits per heavy atom. The fourth-order valence-electron chi connectivity index (χ4n) is 3.31. The molecule has 1 aromatic rings. The molecule has 1 aromatic carbocycles. The van der Waals surface area contributed by atoms with Crippen LogP contribution in [0, 0.1) is 0 Å². The molecule has 8 heteroatoms. The van der Waals surface area contributed by atoms with Crippen LogP contribution in [0.25, 0.3) is 0 Å². The predicted molar refractivity (Wildman–Crippen MR) is 89.4 cm³/mol. The van der Waals surface area contributed by atoms with Crippen molar-refractivity contribution in [3.05, 3.63) is 35.4 Å². The Morgan fingerprint density at radius 2 is 1.64 bits per heavy atom. The van der Waals surface area contributed by atoms with Crippen LogP contribution < -0.4 is 0 Å². The lowest BCUT2D eigenvalue weighted by atomic mass is 10.0. The van der Waals surface area contributed by atoms with E-state index in [9.17, 15) is 21.6 Å². The molecule has 140 valence electrons. The van der Waals surface area contributed by atoms with Gasteiger partial charge in [0.25, 0.3) is 0 Å². The van der Waals surface area contributed by atoms with E-state index in [1.165, 1.54) is 12.1 Å². The first-order valence-corrected chi connectivity index (χ1v) is 10.0. The third kappa shape index (κ3) is 4.35. The Balaban J connectivity index is 1.52. The summed E-state index contributed by atoms with van der Waals surface area (Å²) in [6, 6.07) is 5.27. The van der Waals surface area contributed by atoms with Crippen molar-refractivity contribution in [1.29, 1.82) is 0 Å². The van der Waals surface area contributed by atoms with Gasteiger partial charge in [0.2, 0.25) is 10.0 Å². The van der Waals surface area contributed by atoms with E-state index in [1.54, 1.807) is 11.4 Å². The molecule has 2 aliphatic rings. The lowest BCUT2D eigenvalue weighted by molar-refractivity contribution is -0.137. The van der Waals surface area contributed by atoms with Crippen LogP contribution in [0.15, 0.2) is 24.3 Å². The fraction of sp³-hybridized carbons (Fsp3) is 0.647. The van der Waals surface area contributed by atoms with Gasteiger partial charge >= 0.3 is 6.18 Å². The minimum atomic E-state index is -4.31. The van der Waals surface area contributed by atoms with Gasteiger partial charge in [-0.05, 0) is 43.4 Å². The van der Waals surface area contributed by atoms with Gasteiger partial charge in [-0.25, -0.2) is 12.7 Å². The van der Waals surface area contributed by atoms with Gasteiger partial charge in [-0.3, -0.25) is 4.90 Å². The number of piperidine rings is 1. The number of likely N-dealkylation sites (tertiary alicyclic amines) is 1. The molecule has 1 aliphatic heterocycles. The molecule has 0 spiro atoms. The number of halogens is 3. The summed E-state index contributed by atoms with van der Waals surface area (Å²) in [5.41, 5.74) is 0.201. The van der Waals surface area contributed by atoms with E-state index in [0.29, 0.717) is 6.54 Å². The van der Waals surface area contributed by atoms with Crippen molar-refractivity contribution in [1.82, 2.24) is 9.21 Å². The van der Waals surface area contributed by atoms with Gasteiger partial charge in [0.15, 0.2) is 0 Å². The highest BCUT2D eigenvalue weighted by Crippen LogP contribution is 2.33. The molecule has 1 aliphatic carbocycles. The molecule has 25 heavy (non-hydrogen) atoms. The van der Waals surface area contributed by atoms with Crippen LogP contribution in [0.1, 0.15) is 36.8 Å². The molecule has 1 heterocycles. The van der Waals surface area contributed by atoms with E-state index < -0.39 is 21.8 Å². The summed E-state index contributed by atoms with van der Waals surface area (Å²) in [6.45, 7) is 2.08. The van der Waals surface area contributed by atoms with Crippen molar-refractivity contribution in [2.24, 2.45) is 0 Å². The zero-order chi connectivity index (χ0) is 18.2. The first-order chi connectivity index (χ1) is 11.7. The van der Waals surface area contributed by atoms with Crippen LogP contribution in [0.5, 0.6) is 0 Å². The number of benzene rings is 1. The molecule has 2 fully saturated rings. The van der Waals surface area contributed by atoms with Crippen LogP contribution in [0.3, 0.4) is 0 Å². The fourth-order valence-corrected chi connectivity index (χ4v) is 5.14. The molecule has 0 atom stereocenters.